The first-order valence-corrected chi connectivity index (χ1v) is 6.95. The summed E-state index contributed by atoms with van der Waals surface area (Å²) >= 11 is 0. The van der Waals surface area contributed by atoms with Crippen LogP contribution >= 0.6 is 0 Å². The highest BCUT2D eigenvalue weighted by molar-refractivity contribution is 5.74. The Kier molecular flexibility index (Phi) is 8.81. The van der Waals surface area contributed by atoms with E-state index in [0.717, 1.165) is 32.6 Å². The van der Waals surface area contributed by atoms with Crippen LogP contribution in [0.25, 0.3) is 0 Å². The monoisotopic (exact) mass is 258 g/mol. The molecule has 2 N–H and O–H groups in total. The molecule has 0 aromatic carbocycles. The van der Waals surface area contributed by atoms with E-state index >= 15 is 0 Å². The zero-order valence-corrected chi connectivity index (χ0v) is 11.2. The molecule has 0 aromatic heterocycles. The third-order valence-corrected chi connectivity index (χ3v) is 3.07. The molecule has 0 unspecified atom stereocenters. The Morgan fingerprint density at radius 3 is 2.33 bits per heavy atom. The maximum atomic E-state index is 10.4. The molecule has 1 aliphatic heterocycles. The molecule has 0 atom stereocenters. The predicted octanol–water partition coefficient (Wildman–Crippen LogP) is 0.771. The van der Waals surface area contributed by atoms with Gasteiger partial charge in [0.1, 0.15) is 6.61 Å². The number of carbonyl (C=O) groups excluding carboxylic acids is 1. The molecule has 1 aliphatic rings. The van der Waals surface area contributed by atoms with Crippen LogP contribution in [-0.4, -0.2) is 56.9 Å². The van der Waals surface area contributed by atoms with Crippen LogP contribution in [0.1, 0.15) is 32.1 Å². The van der Waals surface area contributed by atoms with Gasteiger partial charge >= 0.3 is 0 Å². The molecule has 1 heterocycles. The number of primary amides is 1. The number of nitrogens with zero attached hydrogens (tertiary/aromatic N) is 1. The van der Waals surface area contributed by atoms with E-state index in [1.807, 2.05) is 0 Å². The van der Waals surface area contributed by atoms with Crippen molar-refractivity contribution < 1.29 is 14.3 Å². The van der Waals surface area contributed by atoms with Crippen LogP contribution in [0.15, 0.2) is 0 Å². The number of ether oxygens (including phenoxy) is 2. The number of amides is 1. The van der Waals surface area contributed by atoms with Gasteiger partial charge in [0, 0.05) is 19.8 Å². The number of nitrogens with two attached hydrogens (primary N) is 1. The quantitative estimate of drug-likeness (QED) is 0.588. The zero-order chi connectivity index (χ0) is 13.1. The standard InChI is InChI=1S/C13H26N2O3/c14-13(16)12-18-10-5-4-9-17-11-8-15-6-2-1-3-7-15/h1-12H2,(H2,14,16). The van der Waals surface area contributed by atoms with Crippen molar-refractivity contribution in [2.45, 2.75) is 32.1 Å². The molecule has 106 valence electrons. The average molecular weight is 258 g/mol. The Morgan fingerprint density at radius 2 is 1.67 bits per heavy atom. The van der Waals surface area contributed by atoms with Crippen molar-refractivity contribution >= 4 is 5.91 Å². The molecule has 1 rings (SSSR count). The molecule has 0 bridgehead atoms. The zero-order valence-electron chi connectivity index (χ0n) is 11.2. The molecule has 0 aromatic rings. The third kappa shape index (κ3) is 8.44. The molecule has 1 fully saturated rings. The van der Waals surface area contributed by atoms with E-state index in [2.05, 4.69) is 4.90 Å². The van der Waals surface area contributed by atoms with Gasteiger partial charge in [0.15, 0.2) is 0 Å². The number of rotatable bonds is 10. The van der Waals surface area contributed by atoms with Gasteiger partial charge in [-0.1, -0.05) is 6.42 Å². The summed E-state index contributed by atoms with van der Waals surface area (Å²) in [5, 5.41) is 0. The van der Waals surface area contributed by atoms with E-state index in [9.17, 15) is 4.79 Å². The smallest absolute Gasteiger partial charge is 0.243 e. The number of carbonyl (C=O) groups is 1. The van der Waals surface area contributed by atoms with Gasteiger partial charge in [-0.2, -0.15) is 0 Å². The number of hydrogen-bond acceptors (Lipinski definition) is 4. The lowest BCUT2D eigenvalue weighted by molar-refractivity contribution is -0.122. The SMILES string of the molecule is NC(=O)COCCCCOCCN1CCCCC1. The minimum Gasteiger partial charge on any atom is -0.380 e. The largest absolute Gasteiger partial charge is 0.380 e. The summed E-state index contributed by atoms with van der Waals surface area (Å²) in [5.41, 5.74) is 4.95. The minimum atomic E-state index is -0.409. The topological polar surface area (TPSA) is 64.8 Å². The van der Waals surface area contributed by atoms with Gasteiger partial charge in [0.05, 0.1) is 6.61 Å². The van der Waals surface area contributed by atoms with Crippen LogP contribution in [0.2, 0.25) is 0 Å². The number of hydrogen-bond donors (Lipinski definition) is 1. The molecule has 0 spiro atoms. The van der Waals surface area contributed by atoms with Crippen LogP contribution in [0.4, 0.5) is 0 Å². The van der Waals surface area contributed by atoms with Crippen molar-refractivity contribution in [2.24, 2.45) is 5.73 Å². The number of likely N-dealkylation sites (tertiary alicyclic amines) is 1. The van der Waals surface area contributed by atoms with E-state index < -0.39 is 5.91 Å². The molecule has 18 heavy (non-hydrogen) atoms. The first-order chi connectivity index (χ1) is 8.79. The summed E-state index contributed by atoms with van der Waals surface area (Å²) in [6.07, 6.45) is 5.92. The molecule has 0 saturated carbocycles. The fourth-order valence-electron chi connectivity index (χ4n) is 2.06. The lowest BCUT2D eigenvalue weighted by Gasteiger charge is -2.26. The van der Waals surface area contributed by atoms with E-state index in [1.165, 1.54) is 32.4 Å². The van der Waals surface area contributed by atoms with Crippen LogP contribution in [0.3, 0.4) is 0 Å². The first-order valence-electron chi connectivity index (χ1n) is 6.95. The fourth-order valence-corrected chi connectivity index (χ4v) is 2.06. The Morgan fingerprint density at radius 1 is 1.00 bits per heavy atom. The van der Waals surface area contributed by atoms with Gasteiger partial charge in [0.25, 0.3) is 0 Å². The first kappa shape index (κ1) is 15.4. The summed E-state index contributed by atoms with van der Waals surface area (Å²) in [7, 11) is 0. The lowest BCUT2D eigenvalue weighted by atomic mass is 10.1. The lowest BCUT2D eigenvalue weighted by Crippen LogP contribution is -2.32. The number of piperidine rings is 1. The van der Waals surface area contributed by atoms with Crippen LogP contribution in [-0.2, 0) is 14.3 Å². The highest BCUT2D eigenvalue weighted by atomic mass is 16.5. The second kappa shape index (κ2) is 10.3. The summed E-state index contributed by atoms with van der Waals surface area (Å²) in [4.78, 5) is 12.9. The maximum Gasteiger partial charge on any atom is 0.243 e. The summed E-state index contributed by atoms with van der Waals surface area (Å²) in [5.74, 6) is -0.409. The average Bonchev–Trinajstić information content (AvgIpc) is 2.37. The van der Waals surface area contributed by atoms with Gasteiger partial charge in [-0.05, 0) is 38.8 Å². The molecular formula is C13H26N2O3. The molecule has 0 radical (unpaired) electrons. The Bertz CT molecular complexity index is 218. The van der Waals surface area contributed by atoms with Gasteiger partial charge < -0.3 is 20.1 Å². The third-order valence-electron chi connectivity index (χ3n) is 3.07. The van der Waals surface area contributed by atoms with Gasteiger partial charge in [-0.15, -0.1) is 0 Å². The van der Waals surface area contributed by atoms with E-state index in [4.69, 9.17) is 15.2 Å². The van der Waals surface area contributed by atoms with Crippen LogP contribution in [0, 0.1) is 0 Å². The van der Waals surface area contributed by atoms with Gasteiger partial charge in [-0.25, -0.2) is 0 Å². The summed E-state index contributed by atoms with van der Waals surface area (Å²) < 4.78 is 10.6. The highest BCUT2D eigenvalue weighted by Gasteiger charge is 2.08. The van der Waals surface area contributed by atoms with Crippen LogP contribution < -0.4 is 5.73 Å². The van der Waals surface area contributed by atoms with Crippen molar-refractivity contribution in [1.29, 1.82) is 0 Å². The van der Waals surface area contributed by atoms with Crippen LogP contribution in [0.5, 0.6) is 0 Å². The van der Waals surface area contributed by atoms with E-state index in [-0.39, 0.29) is 6.61 Å². The van der Waals surface area contributed by atoms with Crippen molar-refractivity contribution in [2.75, 3.05) is 46.1 Å². The van der Waals surface area contributed by atoms with Crippen molar-refractivity contribution in [1.82, 2.24) is 4.90 Å². The molecule has 1 saturated heterocycles. The van der Waals surface area contributed by atoms with E-state index in [1.54, 1.807) is 0 Å². The minimum absolute atomic E-state index is 0.0236. The Labute approximate surface area is 110 Å². The van der Waals surface area contributed by atoms with Crippen molar-refractivity contribution in [3.63, 3.8) is 0 Å². The van der Waals surface area contributed by atoms with E-state index in [0.29, 0.717) is 6.61 Å². The van der Waals surface area contributed by atoms with Gasteiger partial charge in [0.2, 0.25) is 5.91 Å². The van der Waals surface area contributed by atoms with Crippen molar-refractivity contribution in [3.05, 3.63) is 0 Å². The van der Waals surface area contributed by atoms with Gasteiger partial charge in [-0.3, -0.25) is 4.79 Å². The Balaban J connectivity index is 1.76. The summed E-state index contributed by atoms with van der Waals surface area (Å²) in [6, 6.07) is 0. The fraction of sp³-hybridized carbons (Fsp3) is 0.923. The molecule has 0 aliphatic carbocycles. The maximum absolute atomic E-state index is 10.4. The normalized spacial score (nSPS) is 16.9. The molecular weight excluding hydrogens is 232 g/mol. The Hall–Kier alpha value is -0.650. The second-order valence-electron chi connectivity index (χ2n) is 4.74. The summed E-state index contributed by atoms with van der Waals surface area (Å²) in [6.45, 7) is 5.71. The number of unbranched alkanes of at least 4 members (excludes halogenated alkanes) is 1. The van der Waals surface area contributed by atoms with Crippen molar-refractivity contribution in [3.8, 4) is 0 Å². The predicted molar refractivity (Wildman–Crippen MR) is 70.4 cm³/mol. The second-order valence-corrected chi connectivity index (χ2v) is 4.74. The molecule has 1 amide bonds. The molecule has 5 heteroatoms. The molecule has 5 nitrogen and oxygen atoms in total. The highest BCUT2D eigenvalue weighted by Crippen LogP contribution is 2.07.